The van der Waals surface area contributed by atoms with E-state index < -0.39 is 0 Å². The van der Waals surface area contributed by atoms with E-state index in [4.69, 9.17) is 9.47 Å². The van der Waals surface area contributed by atoms with E-state index in [0.29, 0.717) is 6.04 Å². The van der Waals surface area contributed by atoms with E-state index in [-0.39, 0.29) is 24.8 Å². The third kappa shape index (κ3) is 5.95. The number of nitrogens with zero attached hydrogens (tertiary/aromatic N) is 1. The molecule has 4 nitrogen and oxygen atoms in total. The third-order valence-electron chi connectivity index (χ3n) is 4.29. The maximum atomic E-state index is 5.50. The highest BCUT2D eigenvalue weighted by atomic mass is 79.9. The molecule has 0 unspecified atom stereocenters. The fourth-order valence-electron chi connectivity index (χ4n) is 3.05. The number of nitrogens with one attached hydrogen (secondary N) is 1. The molecule has 1 N–H and O–H groups in total. The molecule has 0 amide bonds. The fourth-order valence-corrected chi connectivity index (χ4v) is 3.64. The van der Waals surface area contributed by atoms with Gasteiger partial charge in [0.05, 0.1) is 14.2 Å². The molecule has 2 rings (SSSR count). The van der Waals surface area contributed by atoms with Gasteiger partial charge in [-0.3, -0.25) is 4.90 Å². The van der Waals surface area contributed by atoms with Crippen molar-refractivity contribution in [2.24, 2.45) is 0 Å². The summed E-state index contributed by atoms with van der Waals surface area (Å²) in [4.78, 5) is 2.58. The predicted octanol–water partition coefficient (Wildman–Crippen LogP) is 4.45. The van der Waals surface area contributed by atoms with Crippen LogP contribution in [0, 0.1) is 0 Å². The molecule has 1 aliphatic rings. The average molecular weight is 444 g/mol. The van der Waals surface area contributed by atoms with Crippen LogP contribution in [0.25, 0.3) is 0 Å². The Morgan fingerprint density at radius 2 is 1.71 bits per heavy atom. The Hall–Kier alpha value is -0.200. The Morgan fingerprint density at radius 1 is 1.12 bits per heavy atom. The lowest BCUT2D eigenvalue weighted by Crippen LogP contribution is -2.45. The van der Waals surface area contributed by atoms with Crippen LogP contribution in [-0.4, -0.2) is 45.3 Å². The SMILES string of the molecule is CCCC[C@@H](c1cc(OC)c(OC)cc1Br)N1CCNCC1.Cl.Cl. The van der Waals surface area contributed by atoms with Gasteiger partial charge in [0.2, 0.25) is 0 Å². The molecule has 140 valence electrons. The first-order valence-corrected chi connectivity index (χ1v) is 8.86. The molecule has 1 aliphatic heterocycles. The van der Waals surface area contributed by atoms with Crippen molar-refractivity contribution in [3.63, 3.8) is 0 Å². The van der Waals surface area contributed by atoms with E-state index >= 15 is 0 Å². The lowest BCUT2D eigenvalue weighted by Gasteiger charge is -2.36. The van der Waals surface area contributed by atoms with Crippen molar-refractivity contribution in [3.05, 3.63) is 22.2 Å². The molecule has 1 atom stereocenters. The van der Waals surface area contributed by atoms with Crippen molar-refractivity contribution in [2.75, 3.05) is 40.4 Å². The lowest BCUT2D eigenvalue weighted by atomic mass is 9.98. The van der Waals surface area contributed by atoms with Crippen molar-refractivity contribution in [1.29, 1.82) is 0 Å². The predicted molar refractivity (Wildman–Crippen MR) is 108 cm³/mol. The number of methoxy groups -OCH3 is 2. The molecule has 0 bridgehead atoms. The minimum Gasteiger partial charge on any atom is -0.493 e. The minimum atomic E-state index is 0. The van der Waals surface area contributed by atoms with Crippen LogP contribution in [0.4, 0.5) is 0 Å². The molecule has 0 saturated carbocycles. The molecule has 1 heterocycles. The summed E-state index contributed by atoms with van der Waals surface area (Å²) in [5.41, 5.74) is 1.30. The highest BCUT2D eigenvalue weighted by Crippen LogP contribution is 2.39. The first kappa shape index (κ1) is 23.8. The van der Waals surface area contributed by atoms with E-state index in [9.17, 15) is 0 Å². The molecule has 0 radical (unpaired) electrons. The second-order valence-electron chi connectivity index (χ2n) is 5.67. The number of ether oxygens (including phenoxy) is 2. The molecule has 7 heteroatoms. The van der Waals surface area contributed by atoms with Crippen LogP contribution >= 0.6 is 40.7 Å². The van der Waals surface area contributed by atoms with Gasteiger partial charge >= 0.3 is 0 Å². The molecule has 1 aromatic carbocycles. The van der Waals surface area contributed by atoms with E-state index in [2.05, 4.69) is 39.1 Å². The first-order valence-electron chi connectivity index (χ1n) is 8.07. The minimum absolute atomic E-state index is 0. The Bertz CT molecular complexity index is 486. The van der Waals surface area contributed by atoms with Crippen LogP contribution in [0.3, 0.4) is 0 Å². The second kappa shape index (κ2) is 12.2. The van der Waals surface area contributed by atoms with Gasteiger partial charge in [0.1, 0.15) is 0 Å². The van der Waals surface area contributed by atoms with Gasteiger partial charge in [0, 0.05) is 36.7 Å². The van der Waals surface area contributed by atoms with E-state index in [1.807, 2.05) is 6.07 Å². The zero-order chi connectivity index (χ0) is 15.9. The van der Waals surface area contributed by atoms with Gasteiger partial charge in [0.25, 0.3) is 0 Å². The van der Waals surface area contributed by atoms with Crippen molar-refractivity contribution in [3.8, 4) is 11.5 Å². The van der Waals surface area contributed by atoms with Crippen LogP contribution in [0.1, 0.15) is 37.8 Å². The molecular weight excluding hydrogens is 415 g/mol. The van der Waals surface area contributed by atoms with Crippen LogP contribution in [-0.2, 0) is 0 Å². The summed E-state index contributed by atoms with van der Waals surface area (Å²) in [6.45, 7) is 6.56. The van der Waals surface area contributed by atoms with E-state index in [1.54, 1.807) is 14.2 Å². The number of benzene rings is 1. The summed E-state index contributed by atoms with van der Waals surface area (Å²) in [6.07, 6.45) is 3.62. The maximum absolute atomic E-state index is 5.50. The number of rotatable bonds is 7. The van der Waals surface area contributed by atoms with Crippen molar-refractivity contribution in [1.82, 2.24) is 10.2 Å². The Morgan fingerprint density at radius 3 is 2.25 bits per heavy atom. The maximum Gasteiger partial charge on any atom is 0.161 e. The normalized spacial score (nSPS) is 15.8. The molecule has 0 aliphatic carbocycles. The van der Waals surface area contributed by atoms with E-state index in [0.717, 1.165) is 42.2 Å². The summed E-state index contributed by atoms with van der Waals surface area (Å²) < 4.78 is 12.0. The van der Waals surface area contributed by atoms with Gasteiger partial charge in [-0.15, -0.1) is 24.8 Å². The van der Waals surface area contributed by atoms with Gasteiger partial charge in [-0.2, -0.15) is 0 Å². The molecular formula is C17H29BrCl2N2O2. The highest BCUT2D eigenvalue weighted by molar-refractivity contribution is 9.10. The monoisotopic (exact) mass is 442 g/mol. The lowest BCUT2D eigenvalue weighted by molar-refractivity contribution is 0.162. The zero-order valence-corrected chi connectivity index (χ0v) is 17.9. The molecule has 0 aromatic heterocycles. The molecule has 1 saturated heterocycles. The fraction of sp³-hybridized carbons (Fsp3) is 0.647. The van der Waals surface area contributed by atoms with Crippen molar-refractivity contribution >= 4 is 40.7 Å². The summed E-state index contributed by atoms with van der Waals surface area (Å²) in [6, 6.07) is 4.58. The number of piperazine rings is 1. The Balaban J connectivity index is 0.00000264. The quantitative estimate of drug-likeness (QED) is 0.674. The standard InChI is InChI=1S/C17H27BrN2O2.2ClH/c1-4-5-6-15(20-9-7-19-8-10-20)13-11-16(21-2)17(22-3)12-14(13)18;;/h11-12,15,19H,4-10H2,1-3H3;2*1H/t15-;;/m0../s1. The summed E-state index contributed by atoms with van der Waals surface area (Å²) in [5.74, 6) is 1.57. The first-order chi connectivity index (χ1) is 10.7. The molecule has 24 heavy (non-hydrogen) atoms. The van der Waals surface area contributed by atoms with Gasteiger partial charge in [-0.25, -0.2) is 0 Å². The van der Waals surface area contributed by atoms with Gasteiger partial charge in [0.15, 0.2) is 11.5 Å². The molecule has 1 fully saturated rings. The van der Waals surface area contributed by atoms with Crippen LogP contribution in [0.2, 0.25) is 0 Å². The number of halogens is 3. The van der Waals surface area contributed by atoms with Gasteiger partial charge < -0.3 is 14.8 Å². The van der Waals surface area contributed by atoms with Crippen LogP contribution in [0.5, 0.6) is 11.5 Å². The smallest absolute Gasteiger partial charge is 0.161 e. The van der Waals surface area contributed by atoms with Crippen LogP contribution in [0.15, 0.2) is 16.6 Å². The number of hydrogen-bond acceptors (Lipinski definition) is 4. The third-order valence-corrected chi connectivity index (χ3v) is 4.97. The molecule has 0 spiro atoms. The Kier molecular flexibility index (Phi) is 12.1. The van der Waals surface area contributed by atoms with E-state index in [1.165, 1.54) is 24.8 Å². The topological polar surface area (TPSA) is 33.7 Å². The zero-order valence-electron chi connectivity index (χ0n) is 14.6. The summed E-state index contributed by atoms with van der Waals surface area (Å²) in [7, 11) is 3.37. The Labute approximate surface area is 166 Å². The van der Waals surface area contributed by atoms with Crippen molar-refractivity contribution < 1.29 is 9.47 Å². The average Bonchev–Trinajstić information content (AvgIpc) is 2.57. The number of unbranched alkanes of at least 4 members (excludes halogenated alkanes) is 1. The summed E-state index contributed by atoms with van der Waals surface area (Å²) >= 11 is 3.73. The highest BCUT2D eigenvalue weighted by Gasteiger charge is 2.25. The molecule has 1 aromatic rings. The van der Waals surface area contributed by atoms with Gasteiger partial charge in [-0.05, 0) is 24.1 Å². The van der Waals surface area contributed by atoms with Gasteiger partial charge in [-0.1, -0.05) is 35.7 Å². The summed E-state index contributed by atoms with van der Waals surface area (Å²) in [5, 5.41) is 3.43. The van der Waals surface area contributed by atoms with Crippen LogP contribution < -0.4 is 14.8 Å². The second-order valence-corrected chi connectivity index (χ2v) is 6.53. The van der Waals surface area contributed by atoms with Crippen molar-refractivity contribution in [2.45, 2.75) is 32.2 Å². The number of hydrogen-bond donors (Lipinski definition) is 1. The largest absolute Gasteiger partial charge is 0.493 e.